The maximum atomic E-state index is 5.12. The van der Waals surface area contributed by atoms with Crippen LogP contribution in [-0.2, 0) is 16.0 Å². The van der Waals surface area contributed by atoms with Gasteiger partial charge in [-0.1, -0.05) is 0 Å². The summed E-state index contributed by atoms with van der Waals surface area (Å²) in [4.78, 5) is 11.0. The Hall–Kier alpha value is -1.24. The quantitative estimate of drug-likeness (QED) is 0.648. The number of ether oxygens (including phenoxy) is 2. The van der Waals surface area contributed by atoms with Crippen molar-refractivity contribution in [2.45, 2.75) is 26.4 Å². The fourth-order valence-corrected chi connectivity index (χ4v) is 1.77. The van der Waals surface area contributed by atoms with Crippen LogP contribution in [0.25, 0.3) is 0 Å². The Balaban J connectivity index is 2.54. The Bertz CT molecular complexity index is 357. The van der Waals surface area contributed by atoms with E-state index < -0.39 is 0 Å². The summed E-state index contributed by atoms with van der Waals surface area (Å²) >= 11 is 0. The zero-order valence-electron chi connectivity index (χ0n) is 12.9. The van der Waals surface area contributed by atoms with Crippen molar-refractivity contribution in [2.75, 3.05) is 45.4 Å². The van der Waals surface area contributed by atoms with Gasteiger partial charge in [-0.25, -0.2) is 9.97 Å². The summed E-state index contributed by atoms with van der Waals surface area (Å²) in [7, 11) is 3.40. The fourth-order valence-electron chi connectivity index (χ4n) is 1.77. The Morgan fingerprint density at radius 3 is 2.35 bits per heavy atom. The van der Waals surface area contributed by atoms with Crippen LogP contribution in [0.15, 0.2) is 12.4 Å². The molecule has 1 rings (SSSR count). The van der Waals surface area contributed by atoms with Crippen LogP contribution in [0.4, 0.5) is 5.95 Å². The third kappa shape index (κ3) is 5.81. The van der Waals surface area contributed by atoms with Crippen LogP contribution in [0.5, 0.6) is 0 Å². The van der Waals surface area contributed by atoms with Gasteiger partial charge >= 0.3 is 0 Å². The van der Waals surface area contributed by atoms with E-state index in [9.17, 15) is 0 Å². The van der Waals surface area contributed by atoms with E-state index in [4.69, 9.17) is 9.47 Å². The number of anilines is 1. The summed E-state index contributed by atoms with van der Waals surface area (Å²) in [5.74, 6) is 0.748. The number of methoxy groups -OCH3 is 2. The highest BCUT2D eigenvalue weighted by Gasteiger charge is 2.12. The molecule has 0 saturated heterocycles. The van der Waals surface area contributed by atoms with Crippen LogP contribution in [-0.4, -0.2) is 56.5 Å². The van der Waals surface area contributed by atoms with Crippen molar-refractivity contribution >= 4 is 5.95 Å². The van der Waals surface area contributed by atoms with Crippen LogP contribution in [0.3, 0.4) is 0 Å². The van der Waals surface area contributed by atoms with Crippen LogP contribution >= 0.6 is 0 Å². The van der Waals surface area contributed by atoms with Gasteiger partial charge in [0.05, 0.1) is 13.2 Å². The second kappa shape index (κ2) is 9.63. The SMILES string of the molecule is COCCNCc1cnc(N(CCOC)C(C)C)nc1. The average molecular weight is 282 g/mol. The van der Waals surface area contributed by atoms with Crippen molar-refractivity contribution in [3.63, 3.8) is 0 Å². The first-order valence-electron chi connectivity index (χ1n) is 6.95. The first kappa shape index (κ1) is 16.8. The number of rotatable bonds is 10. The molecule has 6 nitrogen and oxygen atoms in total. The van der Waals surface area contributed by atoms with E-state index >= 15 is 0 Å². The number of aromatic nitrogens is 2. The molecule has 1 heterocycles. The molecular weight excluding hydrogens is 256 g/mol. The van der Waals surface area contributed by atoms with Gasteiger partial charge in [-0.3, -0.25) is 0 Å². The number of hydrogen-bond donors (Lipinski definition) is 1. The van der Waals surface area contributed by atoms with Crippen LogP contribution in [0, 0.1) is 0 Å². The third-order valence-corrected chi connectivity index (χ3v) is 2.92. The zero-order chi connectivity index (χ0) is 14.8. The van der Waals surface area contributed by atoms with E-state index in [0.717, 1.165) is 31.1 Å². The summed E-state index contributed by atoms with van der Waals surface area (Å²) in [6, 6.07) is 0.343. The molecule has 0 spiro atoms. The van der Waals surface area contributed by atoms with Crippen LogP contribution in [0.1, 0.15) is 19.4 Å². The van der Waals surface area contributed by atoms with Crippen molar-refractivity contribution in [1.29, 1.82) is 0 Å². The lowest BCUT2D eigenvalue weighted by Crippen LogP contribution is -2.35. The van der Waals surface area contributed by atoms with E-state index in [1.165, 1.54) is 0 Å². The van der Waals surface area contributed by atoms with Gasteiger partial charge in [0.2, 0.25) is 5.95 Å². The van der Waals surface area contributed by atoms with Gasteiger partial charge in [-0.2, -0.15) is 0 Å². The van der Waals surface area contributed by atoms with Crippen molar-refractivity contribution in [1.82, 2.24) is 15.3 Å². The van der Waals surface area contributed by atoms with E-state index in [1.54, 1.807) is 14.2 Å². The monoisotopic (exact) mass is 282 g/mol. The smallest absolute Gasteiger partial charge is 0.225 e. The maximum Gasteiger partial charge on any atom is 0.225 e. The molecule has 20 heavy (non-hydrogen) atoms. The maximum absolute atomic E-state index is 5.12. The summed E-state index contributed by atoms with van der Waals surface area (Å²) in [6.45, 7) is 7.99. The largest absolute Gasteiger partial charge is 0.383 e. The molecule has 0 radical (unpaired) electrons. The second-order valence-corrected chi connectivity index (χ2v) is 4.84. The van der Waals surface area contributed by atoms with Gasteiger partial charge in [-0.05, 0) is 13.8 Å². The van der Waals surface area contributed by atoms with Crippen molar-refractivity contribution in [3.8, 4) is 0 Å². The van der Waals surface area contributed by atoms with Gasteiger partial charge in [0.1, 0.15) is 0 Å². The highest BCUT2D eigenvalue weighted by molar-refractivity contribution is 5.31. The molecule has 0 bridgehead atoms. The Morgan fingerprint density at radius 1 is 1.15 bits per heavy atom. The first-order valence-corrected chi connectivity index (χ1v) is 6.95. The first-order chi connectivity index (χ1) is 9.69. The molecule has 114 valence electrons. The predicted molar refractivity (Wildman–Crippen MR) is 80.0 cm³/mol. The molecule has 0 saturated carbocycles. The van der Waals surface area contributed by atoms with E-state index in [2.05, 4.69) is 34.0 Å². The molecule has 1 aromatic heterocycles. The molecule has 0 aromatic carbocycles. The normalized spacial score (nSPS) is 11.1. The van der Waals surface area contributed by atoms with Crippen molar-refractivity contribution < 1.29 is 9.47 Å². The minimum absolute atomic E-state index is 0.343. The van der Waals surface area contributed by atoms with Gasteiger partial charge in [0.25, 0.3) is 0 Å². The van der Waals surface area contributed by atoms with Gasteiger partial charge in [-0.15, -0.1) is 0 Å². The third-order valence-electron chi connectivity index (χ3n) is 2.92. The van der Waals surface area contributed by atoms with Gasteiger partial charge in [0, 0.05) is 57.9 Å². The molecule has 0 atom stereocenters. The molecule has 1 aromatic rings. The summed E-state index contributed by atoms with van der Waals surface area (Å²) in [6.07, 6.45) is 3.73. The minimum Gasteiger partial charge on any atom is -0.383 e. The average Bonchev–Trinajstić information content (AvgIpc) is 2.45. The highest BCUT2D eigenvalue weighted by atomic mass is 16.5. The lowest BCUT2D eigenvalue weighted by Gasteiger charge is -2.26. The van der Waals surface area contributed by atoms with Crippen molar-refractivity contribution in [2.24, 2.45) is 0 Å². The van der Waals surface area contributed by atoms with Crippen LogP contribution in [0.2, 0.25) is 0 Å². The molecule has 0 aliphatic carbocycles. The number of nitrogens with one attached hydrogen (secondary N) is 1. The summed E-state index contributed by atoms with van der Waals surface area (Å²) in [5.41, 5.74) is 1.07. The molecule has 0 unspecified atom stereocenters. The molecule has 0 aliphatic rings. The van der Waals surface area contributed by atoms with Crippen molar-refractivity contribution in [3.05, 3.63) is 18.0 Å². The Morgan fingerprint density at radius 2 is 1.80 bits per heavy atom. The molecule has 0 fully saturated rings. The Labute approximate surface area is 121 Å². The molecule has 0 amide bonds. The summed E-state index contributed by atoms with van der Waals surface area (Å²) in [5, 5.41) is 3.27. The fraction of sp³-hybridized carbons (Fsp3) is 0.714. The standard InChI is InChI=1S/C14H26N4O2/c1-12(2)18(6-8-20-4)14-16-10-13(11-17-14)9-15-5-7-19-3/h10-12,15H,5-9H2,1-4H3. The van der Waals surface area contributed by atoms with E-state index in [0.29, 0.717) is 19.3 Å². The highest BCUT2D eigenvalue weighted by Crippen LogP contribution is 2.10. The molecule has 0 aliphatic heterocycles. The van der Waals surface area contributed by atoms with Gasteiger partial charge < -0.3 is 19.7 Å². The molecule has 6 heteroatoms. The summed E-state index contributed by atoms with van der Waals surface area (Å²) < 4.78 is 10.1. The predicted octanol–water partition coefficient (Wildman–Crippen LogP) is 1.07. The van der Waals surface area contributed by atoms with E-state index in [1.807, 2.05) is 12.4 Å². The minimum atomic E-state index is 0.343. The van der Waals surface area contributed by atoms with Crippen LogP contribution < -0.4 is 10.2 Å². The zero-order valence-corrected chi connectivity index (χ0v) is 12.9. The van der Waals surface area contributed by atoms with E-state index in [-0.39, 0.29) is 0 Å². The molecular formula is C14H26N4O2. The lowest BCUT2D eigenvalue weighted by molar-refractivity contribution is 0.199. The Kier molecular flexibility index (Phi) is 8.10. The lowest BCUT2D eigenvalue weighted by atomic mass is 10.3. The molecule has 1 N–H and O–H groups in total. The second-order valence-electron chi connectivity index (χ2n) is 4.84. The number of hydrogen-bond acceptors (Lipinski definition) is 6. The topological polar surface area (TPSA) is 59.5 Å². The van der Waals surface area contributed by atoms with Gasteiger partial charge in [0.15, 0.2) is 0 Å². The number of nitrogens with zero attached hydrogens (tertiary/aromatic N) is 3.